The molecule has 8 heteroatoms. The summed E-state index contributed by atoms with van der Waals surface area (Å²) in [6, 6.07) is 5.30. The third-order valence-electron chi connectivity index (χ3n) is 3.51. The quantitative estimate of drug-likeness (QED) is 0.927. The zero-order valence-electron chi connectivity index (χ0n) is 12.2. The number of carbonyl (C=O) groups excluding carboxylic acids is 1. The first kappa shape index (κ1) is 15.2. The predicted octanol–water partition coefficient (Wildman–Crippen LogP) is 2.46. The fourth-order valence-corrected chi connectivity index (χ4v) is 3.48. The summed E-state index contributed by atoms with van der Waals surface area (Å²) in [6.07, 6.45) is 0.810. The monoisotopic (exact) mass is 338 g/mol. The number of amides is 1. The summed E-state index contributed by atoms with van der Waals surface area (Å²) >= 11 is 7.41. The van der Waals surface area contributed by atoms with Crippen molar-refractivity contribution in [2.24, 2.45) is 0 Å². The first-order chi connectivity index (χ1) is 10.6. The minimum atomic E-state index is -0.116. The van der Waals surface area contributed by atoms with Crippen LogP contribution in [0.25, 0.3) is 11.4 Å². The van der Waals surface area contributed by atoms with Crippen LogP contribution in [0.1, 0.15) is 6.42 Å². The Kier molecular flexibility index (Phi) is 4.26. The van der Waals surface area contributed by atoms with E-state index in [9.17, 15) is 4.79 Å². The maximum Gasteiger partial charge on any atom is 0.235 e. The van der Waals surface area contributed by atoms with Gasteiger partial charge in [-0.3, -0.25) is 9.89 Å². The molecule has 0 saturated carbocycles. The summed E-state index contributed by atoms with van der Waals surface area (Å²) in [5.41, 5.74) is 0.740. The molecule has 116 valence electrons. The number of thioether (sulfide) groups is 1. The van der Waals surface area contributed by atoms with Crippen LogP contribution < -0.4 is 4.74 Å². The van der Waals surface area contributed by atoms with Gasteiger partial charge in [-0.2, -0.15) is 0 Å². The van der Waals surface area contributed by atoms with E-state index in [2.05, 4.69) is 15.2 Å². The largest absolute Gasteiger partial charge is 0.496 e. The van der Waals surface area contributed by atoms with Gasteiger partial charge < -0.3 is 9.64 Å². The molecule has 1 N–H and O–H groups in total. The summed E-state index contributed by atoms with van der Waals surface area (Å²) in [6.45, 7) is 0.774. The summed E-state index contributed by atoms with van der Waals surface area (Å²) in [7, 11) is 3.40. The van der Waals surface area contributed by atoms with Crippen LogP contribution in [-0.2, 0) is 4.79 Å². The minimum Gasteiger partial charge on any atom is -0.496 e. The molecule has 1 atom stereocenters. The highest BCUT2D eigenvalue weighted by atomic mass is 35.5. The molecule has 1 aromatic heterocycles. The molecule has 22 heavy (non-hydrogen) atoms. The van der Waals surface area contributed by atoms with Gasteiger partial charge in [0.2, 0.25) is 11.1 Å². The van der Waals surface area contributed by atoms with E-state index in [1.807, 2.05) is 7.05 Å². The van der Waals surface area contributed by atoms with Crippen LogP contribution in [0.3, 0.4) is 0 Å². The summed E-state index contributed by atoms with van der Waals surface area (Å²) < 4.78 is 5.31. The van der Waals surface area contributed by atoms with E-state index in [-0.39, 0.29) is 11.2 Å². The lowest BCUT2D eigenvalue weighted by atomic mass is 10.2. The number of methoxy groups -OCH3 is 1. The van der Waals surface area contributed by atoms with Gasteiger partial charge in [0.05, 0.1) is 17.9 Å². The Morgan fingerprint density at radius 1 is 1.50 bits per heavy atom. The van der Waals surface area contributed by atoms with Gasteiger partial charge in [-0.1, -0.05) is 23.4 Å². The Balaban J connectivity index is 1.82. The van der Waals surface area contributed by atoms with Gasteiger partial charge in [0, 0.05) is 18.6 Å². The van der Waals surface area contributed by atoms with Crippen LogP contribution in [0.4, 0.5) is 0 Å². The molecule has 1 aromatic carbocycles. The van der Waals surface area contributed by atoms with Crippen molar-refractivity contribution in [3.8, 4) is 17.1 Å². The van der Waals surface area contributed by atoms with Crippen LogP contribution in [0, 0.1) is 0 Å². The fourth-order valence-electron chi connectivity index (χ4n) is 2.31. The lowest BCUT2D eigenvalue weighted by Crippen LogP contribution is -2.23. The lowest BCUT2D eigenvalue weighted by Gasteiger charge is -2.07. The van der Waals surface area contributed by atoms with Gasteiger partial charge in [0.25, 0.3) is 0 Å². The second-order valence-corrected chi connectivity index (χ2v) is 6.57. The number of aromatic amines is 1. The number of ether oxygens (including phenoxy) is 1. The highest BCUT2D eigenvalue weighted by molar-refractivity contribution is 8.00. The van der Waals surface area contributed by atoms with Crippen molar-refractivity contribution in [2.45, 2.75) is 16.8 Å². The number of nitrogens with zero attached hydrogens (tertiary/aromatic N) is 3. The van der Waals surface area contributed by atoms with Crippen LogP contribution in [0.15, 0.2) is 23.4 Å². The van der Waals surface area contributed by atoms with Gasteiger partial charge in [-0.15, -0.1) is 5.10 Å². The summed E-state index contributed by atoms with van der Waals surface area (Å²) in [5, 5.41) is 8.08. The van der Waals surface area contributed by atoms with E-state index in [1.54, 1.807) is 30.2 Å². The van der Waals surface area contributed by atoms with Crippen LogP contribution in [0.5, 0.6) is 5.75 Å². The molecule has 6 nitrogen and oxygen atoms in total. The van der Waals surface area contributed by atoms with Crippen molar-refractivity contribution >= 4 is 29.3 Å². The van der Waals surface area contributed by atoms with Crippen molar-refractivity contribution in [1.82, 2.24) is 20.1 Å². The molecular formula is C14H15ClN4O2S. The zero-order valence-corrected chi connectivity index (χ0v) is 13.7. The van der Waals surface area contributed by atoms with Crippen LogP contribution >= 0.6 is 23.4 Å². The Morgan fingerprint density at radius 3 is 3.00 bits per heavy atom. The van der Waals surface area contributed by atoms with Crippen molar-refractivity contribution in [3.63, 3.8) is 0 Å². The van der Waals surface area contributed by atoms with Gasteiger partial charge in [-0.25, -0.2) is 4.98 Å². The van der Waals surface area contributed by atoms with Crippen molar-refractivity contribution in [3.05, 3.63) is 23.2 Å². The Labute approximate surface area is 137 Å². The average Bonchev–Trinajstić information content (AvgIpc) is 3.10. The van der Waals surface area contributed by atoms with Crippen molar-refractivity contribution < 1.29 is 9.53 Å². The molecule has 1 fully saturated rings. The van der Waals surface area contributed by atoms with Crippen LogP contribution in [-0.4, -0.2) is 51.9 Å². The highest BCUT2D eigenvalue weighted by Gasteiger charge is 2.31. The summed E-state index contributed by atoms with van der Waals surface area (Å²) in [4.78, 5) is 18.1. The molecule has 2 aromatic rings. The molecule has 0 aliphatic carbocycles. The smallest absolute Gasteiger partial charge is 0.235 e. The molecule has 0 spiro atoms. The maximum absolute atomic E-state index is 11.9. The highest BCUT2D eigenvalue weighted by Crippen LogP contribution is 2.33. The standard InChI is InChI=1S/C14H15ClN4O2S/c1-19-6-5-11(13(19)20)22-14-16-12(17-18-14)9-7-8(15)3-4-10(9)21-2/h3-4,7,11H,5-6H2,1-2H3,(H,16,17,18). The van der Waals surface area contributed by atoms with Gasteiger partial charge in [0.15, 0.2) is 5.82 Å². The number of nitrogens with one attached hydrogen (secondary N) is 1. The molecule has 0 bridgehead atoms. The first-order valence-electron chi connectivity index (χ1n) is 6.76. The van der Waals surface area contributed by atoms with Crippen molar-refractivity contribution in [2.75, 3.05) is 20.7 Å². The van der Waals surface area contributed by atoms with E-state index in [0.29, 0.717) is 21.8 Å². The van der Waals surface area contributed by atoms with E-state index >= 15 is 0 Å². The number of H-pyrrole nitrogens is 1. The average molecular weight is 339 g/mol. The van der Waals surface area contributed by atoms with E-state index in [1.165, 1.54) is 11.8 Å². The number of benzene rings is 1. The predicted molar refractivity (Wildman–Crippen MR) is 85.3 cm³/mol. The van der Waals surface area contributed by atoms with E-state index in [4.69, 9.17) is 16.3 Å². The third-order valence-corrected chi connectivity index (χ3v) is 4.86. The molecule has 1 aliphatic heterocycles. The number of hydrogen-bond acceptors (Lipinski definition) is 5. The second kappa shape index (κ2) is 6.18. The molecule has 0 radical (unpaired) electrons. The molecule has 3 rings (SSSR count). The number of aromatic nitrogens is 3. The Bertz CT molecular complexity index is 706. The number of carbonyl (C=O) groups is 1. The van der Waals surface area contributed by atoms with Gasteiger partial charge in [0.1, 0.15) is 5.75 Å². The number of halogens is 1. The molecular weight excluding hydrogens is 324 g/mol. The van der Waals surface area contributed by atoms with E-state index < -0.39 is 0 Å². The van der Waals surface area contributed by atoms with Gasteiger partial charge >= 0.3 is 0 Å². The first-order valence-corrected chi connectivity index (χ1v) is 8.02. The Hall–Kier alpha value is -1.73. The molecule has 1 aliphatic rings. The number of likely N-dealkylation sites (tertiary alicyclic amines) is 1. The zero-order chi connectivity index (χ0) is 15.7. The molecule has 1 unspecified atom stereocenters. The molecule has 2 heterocycles. The number of hydrogen-bond donors (Lipinski definition) is 1. The Morgan fingerprint density at radius 2 is 2.32 bits per heavy atom. The molecule has 1 amide bonds. The van der Waals surface area contributed by atoms with Crippen LogP contribution in [0.2, 0.25) is 5.02 Å². The second-order valence-electron chi connectivity index (χ2n) is 4.97. The fraction of sp³-hybridized carbons (Fsp3) is 0.357. The SMILES string of the molecule is COc1ccc(Cl)cc1-c1nc(SC2CCN(C)C2=O)n[nH]1. The maximum atomic E-state index is 11.9. The summed E-state index contributed by atoms with van der Waals surface area (Å²) in [5.74, 6) is 1.35. The van der Waals surface area contributed by atoms with Crippen molar-refractivity contribution in [1.29, 1.82) is 0 Å². The minimum absolute atomic E-state index is 0.116. The topological polar surface area (TPSA) is 71.1 Å². The third kappa shape index (κ3) is 2.91. The molecule has 1 saturated heterocycles. The van der Waals surface area contributed by atoms with Gasteiger partial charge in [-0.05, 0) is 24.6 Å². The van der Waals surface area contributed by atoms with E-state index in [0.717, 1.165) is 18.5 Å². The normalized spacial score (nSPS) is 18.0. The lowest BCUT2D eigenvalue weighted by molar-refractivity contribution is -0.126. The number of rotatable bonds is 4.